The molecule has 1 fully saturated rings. The molecular weight excluding hydrogens is 232 g/mol. The van der Waals surface area contributed by atoms with Gasteiger partial charge < -0.3 is 5.11 Å². The van der Waals surface area contributed by atoms with E-state index in [0.717, 1.165) is 34.6 Å². The molecule has 1 saturated carbocycles. The lowest BCUT2D eigenvalue weighted by Crippen LogP contribution is -2.14. The fraction of sp³-hybridized carbons (Fsp3) is 0.444. The van der Waals surface area contributed by atoms with Crippen molar-refractivity contribution >= 4 is 10.8 Å². The molecule has 0 unspecified atom stereocenters. The third kappa shape index (κ3) is 2.60. The molecule has 3 rings (SSSR count). The van der Waals surface area contributed by atoms with Crippen LogP contribution >= 0.6 is 0 Å². The highest BCUT2D eigenvalue weighted by molar-refractivity contribution is 5.89. The van der Waals surface area contributed by atoms with Crippen LogP contribution in [0.25, 0.3) is 10.8 Å². The first-order valence-electron chi connectivity index (χ1n) is 7.43. The summed E-state index contributed by atoms with van der Waals surface area (Å²) < 4.78 is 0. The second-order valence-corrected chi connectivity index (χ2v) is 6.12. The molecule has 2 aromatic carbocycles. The molecule has 0 amide bonds. The van der Waals surface area contributed by atoms with E-state index in [9.17, 15) is 5.11 Å². The summed E-state index contributed by atoms with van der Waals surface area (Å²) in [6.45, 7) is 2.35. The quantitative estimate of drug-likeness (QED) is 0.807. The Kier molecular flexibility index (Phi) is 3.46. The lowest BCUT2D eigenvalue weighted by Gasteiger charge is -2.26. The van der Waals surface area contributed by atoms with Gasteiger partial charge in [-0.15, -0.1) is 0 Å². The van der Waals surface area contributed by atoms with Gasteiger partial charge in [0.05, 0.1) is 0 Å². The van der Waals surface area contributed by atoms with Gasteiger partial charge in [0.1, 0.15) is 5.75 Å². The average molecular weight is 254 g/mol. The van der Waals surface area contributed by atoms with E-state index in [-0.39, 0.29) is 0 Å². The Morgan fingerprint density at radius 3 is 2.53 bits per heavy atom. The van der Waals surface area contributed by atoms with Gasteiger partial charge in [0.2, 0.25) is 0 Å². The Morgan fingerprint density at radius 2 is 1.74 bits per heavy atom. The zero-order valence-electron chi connectivity index (χ0n) is 11.6. The van der Waals surface area contributed by atoms with Gasteiger partial charge in [-0.1, -0.05) is 56.2 Å². The molecule has 2 aromatic rings. The van der Waals surface area contributed by atoms with Gasteiger partial charge in [-0.3, -0.25) is 0 Å². The van der Waals surface area contributed by atoms with E-state index in [1.54, 1.807) is 0 Å². The van der Waals surface area contributed by atoms with E-state index < -0.39 is 0 Å². The lowest BCUT2D eigenvalue weighted by molar-refractivity contribution is 0.287. The summed E-state index contributed by atoms with van der Waals surface area (Å²) in [6, 6.07) is 12.3. The third-order valence-electron chi connectivity index (χ3n) is 4.63. The SMILES string of the molecule is CC1CCC(Cc2ccc3ccccc3c2O)CC1. The van der Waals surface area contributed by atoms with Crippen molar-refractivity contribution in [1.29, 1.82) is 0 Å². The van der Waals surface area contributed by atoms with Gasteiger partial charge in [0, 0.05) is 5.39 Å². The van der Waals surface area contributed by atoms with Crippen molar-refractivity contribution in [2.24, 2.45) is 11.8 Å². The number of hydrogen-bond donors (Lipinski definition) is 1. The maximum absolute atomic E-state index is 10.4. The first-order chi connectivity index (χ1) is 9.24. The topological polar surface area (TPSA) is 20.2 Å². The Balaban J connectivity index is 1.83. The highest BCUT2D eigenvalue weighted by atomic mass is 16.3. The molecule has 1 aliphatic carbocycles. The summed E-state index contributed by atoms with van der Waals surface area (Å²) in [6.07, 6.45) is 6.35. The van der Waals surface area contributed by atoms with Crippen molar-refractivity contribution in [2.45, 2.75) is 39.0 Å². The van der Waals surface area contributed by atoms with Crippen LogP contribution in [0.1, 0.15) is 38.2 Å². The first-order valence-corrected chi connectivity index (χ1v) is 7.43. The number of benzene rings is 2. The number of fused-ring (bicyclic) bond motifs is 1. The Morgan fingerprint density at radius 1 is 1.00 bits per heavy atom. The van der Waals surface area contributed by atoms with E-state index in [0.29, 0.717) is 5.75 Å². The fourth-order valence-electron chi connectivity index (χ4n) is 3.31. The zero-order chi connectivity index (χ0) is 13.2. The number of phenolic OH excluding ortho intramolecular Hbond substituents is 1. The van der Waals surface area contributed by atoms with Crippen LogP contribution in [-0.4, -0.2) is 5.11 Å². The number of aromatic hydroxyl groups is 1. The van der Waals surface area contributed by atoms with Crippen molar-refractivity contribution in [3.63, 3.8) is 0 Å². The van der Waals surface area contributed by atoms with Gasteiger partial charge in [-0.25, -0.2) is 0 Å². The maximum atomic E-state index is 10.4. The standard InChI is InChI=1S/C18H22O/c1-13-6-8-14(9-7-13)12-16-11-10-15-4-2-3-5-17(15)18(16)19/h2-5,10-11,13-14,19H,6-9,12H2,1H3. The molecule has 0 spiro atoms. The molecule has 0 bridgehead atoms. The van der Waals surface area contributed by atoms with Crippen LogP contribution in [0.4, 0.5) is 0 Å². The molecule has 1 heteroatoms. The molecule has 0 saturated heterocycles. The van der Waals surface area contributed by atoms with Crippen molar-refractivity contribution in [1.82, 2.24) is 0 Å². The van der Waals surface area contributed by atoms with Gasteiger partial charge in [-0.2, -0.15) is 0 Å². The summed E-state index contributed by atoms with van der Waals surface area (Å²) in [5, 5.41) is 12.5. The second-order valence-electron chi connectivity index (χ2n) is 6.12. The molecular formula is C18H22O. The van der Waals surface area contributed by atoms with Crippen LogP contribution in [0, 0.1) is 11.8 Å². The monoisotopic (exact) mass is 254 g/mol. The molecule has 0 aromatic heterocycles. The van der Waals surface area contributed by atoms with Crippen molar-refractivity contribution in [2.75, 3.05) is 0 Å². The predicted molar refractivity (Wildman–Crippen MR) is 80.4 cm³/mol. The molecule has 1 N–H and O–H groups in total. The number of phenols is 1. The Hall–Kier alpha value is -1.50. The summed E-state index contributed by atoms with van der Waals surface area (Å²) in [5.41, 5.74) is 1.12. The average Bonchev–Trinajstić information content (AvgIpc) is 2.45. The summed E-state index contributed by atoms with van der Waals surface area (Å²) in [4.78, 5) is 0. The van der Waals surface area contributed by atoms with Crippen LogP contribution in [0.3, 0.4) is 0 Å². The highest BCUT2D eigenvalue weighted by Gasteiger charge is 2.19. The molecule has 0 atom stereocenters. The van der Waals surface area contributed by atoms with Crippen LogP contribution in [0.5, 0.6) is 5.75 Å². The second kappa shape index (κ2) is 5.24. The largest absolute Gasteiger partial charge is 0.507 e. The normalized spacial score (nSPS) is 23.6. The van der Waals surface area contributed by atoms with Crippen molar-refractivity contribution in [3.05, 3.63) is 42.0 Å². The van der Waals surface area contributed by atoms with E-state index >= 15 is 0 Å². The van der Waals surface area contributed by atoms with Gasteiger partial charge in [-0.05, 0) is 42.0 Å². The summed E-state index contributed by atoms with van der Waals surface area (Å²) >= 11 is 0. The molecule has 100 valence electrons. The van der Waals surface area contributed by atoms with E-state index in [1.807, 2.05) is 18.2 Å². The van der Waals surface area contributed by atoms with Gasteiger partial charge in [0.15, 0.2) is 0 Å². The zero-order valence-corrected chi connectivity index (χ0v) is 11.6. The fourth-order valence-corrected chi connectivity index (χ4v) is 3.31. The molecule has 0 heterocycles. The molecule has 0 radical (unpaired) electrons. The van der Waals surface area contributed by atoms with Gasteiger partial charge in [0.25, 0.3) is 0 Å². The van der Waals surface area contributed by atoms with E-state index in [1.165, 1.54) is 25.7 Å². The van der Waals surface area contributed by atoms with E-state index in [4.69, 9.17) is 0 Å². The van der Waals surface area contributed by atoms with Gasteiger partial charge >= 0.3 is 0 Å². The van der Waals surface area contributed by atoms with Crippen LogP contribution in [0.15, 0.2) is 36.4 Å². The predicted octanol–water partition coefficient (Wildman–Crippen LogP) is 4.91. The minimum Gasteiger partial charge on any atom is -0.507 e. The van der Waals surface area contributed by atoms with E-state index in [2.05, 4.69) is 25.1 Å². The van der Waals surface area contributed by atoms with Crippen LogP contribution in [0.2, 0.25) is 0 Å². The first kappa shape index (κ1) is 12.5. The van der Waals surface area contributed by atoms with Crippen LogP contribution in [-0.2, 0) is 6.42 Å². The molecule has 19 heavy (non-hydrogen) atoms. The molecule has 0 aliphatic heterocycles. The summed E-state index contributed by atoms with van der Waals surface area (Å²) in [5.74, 6) is 2.14. The van der Waals surface area contributed by atoms with Crippen LogP contribution < -0.4 is 0 Å². The number of hydrogen-bond acceptors (Lipinski definition) is 1. The smallest absolute Gasteiger partial charge is 0.126 e. The van der Waals surface area contributed by atoms with Crippen molar-refractivity contribution in [3.8, 4) is 5.75 Å². The van der Waals surface area contributed by atoms with Crippen molar-refractivity contribution < 1.29 is 5.11 Å². The maximum Gasteiger partial charge on any atom is 0.126 e. The summed E-state index contributed by atoms with van der Waals surface area (Å²) in [7, 11) is 0. The highest BCUT2D eigenvalue weighted by Crippen LogP contribution is 2.35. The minimum absolute atomic E-state index is 0.497. The Labute approximate surface area is 115 Å². The molecule has 1 nitrogen and oxygen atoms in total. The molecule has 1 aliphatic rings. The lowest BCUT2D eigenvalue weighted by atomic mass is 9.80. The Bertz CT molecular complexity index is 565. The number of rotatable bonds is 2. The minimum atomic E-state index is 0.497. The third-order valence-corrected chi connectivity index (χ3v) is 4.63.